The summed E-state index contributed by atoms with van der Waals surface area (Å²) in [5, 5.41) is 13.2. The van der Waals surface area contributed by atoms with Gasteiger partial charge in [0.05, 0.1) is 37.2 Å². The van der Waals surface area contributed by atoms with Gasteiger partial charge in [-0.15, -0.1) is 0 Å². The van der Waals surface area contributed by atoms with Crippen molar-refractivity contribution in [3.8, 4) is 0 Å². The van der Waals surface area contributed by atoms with E-state index >= 15 is 0 Å². The van der Waals surface area contributed by atoms with Crippen molar-refractivity contribution < 1.29 is 29.0 Å². The summed E-state index contributed by atoms with van der Waals surface area (Å²) in [7, 11) is 0. The number of benzene rings is 1. The Hall–Kier alpha value is -1.97. The van der Waals surface area contributed by atoms with E-state index in [1.165, 1.54) is 4.90 Å². The van der Waals surface area contributed by atoms with Gasteiger partial charge in [-0.05, 0) is 39.2 Å². The molecule has 0 aliphatic carbocycles. The van der Waals surface area contributed by atoms with E-state index < -0.39 is 41.6 Å². The molecule has 33 heavy (non-hydrogen) atoms. The summed E-state index contributed by atoms with van der Waals surface area (Å²) < 4.78 is 11.7. The van der Waals surface area contributed by atoms with Crippen LogP contribution in [-0.2, 0) is 30.3 Å². The highest BCUT2D eigenvalue weighted by Gasteiger charge is 2.77. The first-order chi connectivity index (χ1) is 15.7. The van der Waals surface area contributed by atoms with Crippen LogP contribution >= 0.6 is 15.9 Å². The molecule has 0 aromatic heterocycles. The maximum absolute atomic E-state index is 13.9. The molecule has 3 fully saturated rings. The number of alkyl halides is 1. The number of nitrogens with one attached hydrogen (secondary N) is 1. The van der Waals surface area contributed by atoms with Crippen molar-refractivity contribution in [1.82, 2.24) is 10.2 Å². The number of hydrogen-bond donors (Lipinski definition) is 2. The van der Waals surface area contributed by atoms with Crippen LogP contribution in [0.1, 0.15) is 32.8 Å². The van der Waals surface area contributed by atoms with Gasteiger partial charge in [-0.2, -0.15) is 0 Å². The lowest BCUT2D eigenvalue weighted by molar-refractivity contribution is -0.155. The van der Waals surface area contributed by atoms with E-state index in [2.05, 4.69) is 21.2 Å². The molecular weight excluding hydrogens is 492 g/mol. The number of aliphatic hydroxyl groups excluding tert-OH is 1. The minimum absolute atomic E-state index is 0.147. The Kier molecular flexibility index (Phi) is 6.85. The lowest BCUT2D eigenvalue weighted by Gasteiger charge is -2.37. The molecule has 1 aromatic carbocycles. The molecule has 2 bridgehead atoms. The Labute approximate surface area is 202 Å². The average molecular weight is 523 g/mol. The second-order valence-electron chi connectivity index (χ2n) is 9.35. The molecule has 9 heteroatoms. The number of carbonyl (C=O) groups is 3. The largest absolute Gasteiger partial charge is 0.466 e. The van der Waals surface area contributed by atoms with Crippen molar-refractivity contribution in [3.63, 3.8) is 0 Å². The second-order valence-corrected chi connectivity index (χ2v) is 10.5. The average Bonchev–Trinajstić information content (AvgIpc) is 3.36. The molecule has 2 amide bonds. The maximum atomic E-state index is 13.9. The van der Waals surface area contributed by atoms with Crippen LogP contribution in [0.4, 0.5) is 0 Å². The number of fused-ring (bicyclic) bond motifs is 1. The lowest BCUT2D eigenvalue weighted by atomic mass is 9.70. The number of aliphatic hydroxyl groups is 1. The highest BCUT2D eigenvalue weighted by Crippen LogP contribution is 2.60. The van der Waals surface area contributed by atoms with Crippen molar-refractivity contribution in [2.75, 3.05) is 13.2 Å². The van der Waals surface area contributed by atoms with Crippen LogP contribution in [0.3, 0.4) is 0 Å². The van der Waals surface area contributed by atoms with Crippen LogP contribution in [0.2, 0.25) is 0 Å². The van der Waals surface area contributed by atoms with Crippen molar-refractivity contribution >= 4 is 33.7 Å². The van der Waals surface area contributed by atoms with Crippen molar-refractivity contribution in [3.05, 3.63) is 35.9 Å². The standard InChI is InChI=1S/C24H31BrN2O6/c1-4-32-23(31)17-18-22(30)27(15(12-28)10-14-8-6-5-7-9-14)20(21(29)26-13(2)3)24(18)11-16(25)19(17)33-24/h5-9,13,15-20,28H,4,10-12H2,1-3H3,(H,26,29)/t15-,16?,17+,18-,19+,20+,24-/m1/s1. The summed E-state index contributed by atoms with van der Waals surface area (Å²) in [5.74, 6) is -2.79. The van der Waals surface area contributed by atoms with Crippen LogP contribution < -0.4 is 5.32 Å². The van der Waals surface area contributed by atoms with E-state index in [9.17, 15) is 19.5 Å². The Morgan fingerprint density at radius 2 is 2.03 bits per heavy atom. The molecule has 0 radical (unpaired) electrons. The Morgan fingerprint density at radius 3 is 2.64 bits per heavy atom. The van der Waals surface area contributed by atoms with Crippen LogP contribution in [0.5, 0.6) is 0 Å². The van der Waals surface area contributed by atoms with Gasteiger partial charge in [-0.1, -0.05) is 46.3 Å². The minimum Gasteiger partial charge on any atom is -0.466 e. The molecule has 4 rings (SSSR count). The summed E-state index contributed by atoms with van der Waals surface area (Å²) in [4.78, 5) is 41.6. The number of amides is 2. The van der Waals surface area contributed by atoms with Crippen molar-refractivity contribution in [1.29, 1.82) is 0 Å². The first kappa shape index (κ1) is 24.2. The van der Waals surface area contributed by atoms with Gasteiger partial charge in [0.2, 0.25) is 11.8 Å². The maximum Gasteiger partial charge on any atom is 0.312 e. The number of nitrogens with zero attached hydrogens (tertiary/aromatic N) is 1. The molecule has 3 aliphatic heterocycles. The zero-order valence-corrected chi connectivity index (χ0v) is 20.7. The van der Waals surface area contributed by atoms with Gasteiger partial charge >= 0.3 is 5.97 Å². The van der Waals surface area contributed by atoms with E-state index in [-0.39, 0.29) is 35.9 Å². The van der Waals surface area contributed by atoms with Gasteiger partial charge in [-0.3, -0.25) is 14.4 Å². The highest BCUT2D eigenvalue weighted by atomic mass is 79.9. The van der Waals surface area contributed by atoms with E-state index in [0.717, 1.165) is 5.56 Å². The number of carbonyl (C=O) groups excluding carboxylic acids is 3. The SMILES string of the molecule is CCOC(=O)[C@@H]1[C@H]2O[C@@]3(CC2Br)[C@H](C(=O)NC(C)C)N([C@@H](CO)Cc2ccccc2)C(=O)[C@@H]13. The predicted molar refractivity (Wildman–Crippen MR) is 123 cm³/mol. The number of esters is 1. The van der Waals surface area contributed by atoms with Gasteiger partial charge in [0.15, 0.2) is 0 Å². The fourth-order valence-corrected chi connectivity index (χ4v) is 6.71. The Morgan fingerprint density at radius 1 is 1.33 bits per heavy atom. The van der Waals surface area contributed by atoms with Crippen LogP contribution in [0, 0.1) is 11.8 Å². The monoisotopic (exact) mass is 522 g/mol. The van der Waals surface area contributed by atoms with Gasteiger partial charge in [0.25, 0.3) is 0 Å². The van der Waals surface area contributed by atoms with Crippen molar-refractivity contribution in [2.45, 2.75) is 68.3 Å². The molecule has 3 heterocycles. The molecule has 2 N–H and O–H groups in total. The van der Waals surface area contributed by atoms with Gasteiger partial charge in [0.1, 0.15) is 11.6 Å². The minimum atomic E-state index is -1.16. The third kappa shape index (κ3) is 3.98. The van der Waals surface area contributed by atoms with E-state index in [1.54, 1.807) is 6.92 Å². The van der Waals surface area contributed by atoms with Crippen LogP contribution in [-0.4, -0.2) is 75.7 Å². The third-order valence-corrected chi connectivity index (χ3v) is 7.73. The third-order valence-electron chi connectivity index (χ3n) is 6.88. The molecule has 1 spiro atoms. The predicted octanol–water partition coefficient (Wildman–Crippen LogP) is 1.43. The van der Waals surface area contributed by atoms with E-state index in [4.69, 9.17) is 9.47 Å². The van der Waals surface area contributed by atoms with Gasteiger partial charge in [0, 0.05) is 10.9 Å². The van der Waals surface area contributed by atoms with Crippen molar-refractivity contribution in [2.24, 2.45) is 11.8 Å². The summed E-state index contributed by atoms with van der Waals surface area (Å²) in [6, 6.07) is 7.78. The fourth-order valence-electron chi connectivity index (χ4n) is 5.77. The summed E-state index contributed by atoms with van der Waals surface area (Å²) in [6.45, 7) is 5.29. The zero-order valence-electron chi connectivity index (χ0n) is 19.1. The number of halogens is 1. The van der Waals surface area contributed by atoms with E-state index in [1.807, 2.05) is 44.2 Å². The van der Waals surface area contributed by atoms with E-state index in [0.29, 0.717) is 12.8 Å². The molecule has 3 saturated heterocycles. The Bertz CT molecular complexity index is 911. The molecule has 3 aliphatic rings. The topological polar surface area (TPSA) is 105 Å². The normalized spacial score (nSPS) is 33.3. The second kappa shape index (κ2) is 9.35. The Balaban J connectivity index is 1.76. The zero-order chi connectivity index (χ0) is 23.9. The van der Waals surface area contributed by atoms with Crippen LogP contribution in [0.15, 0.2) is 30.3 Å². The fraction of sp³-hybridized carbons (Fsp3) is 0.625. The number of hydrogen-bond acceptors (Lipinski definition) is 6. The molecule has 1 unspecified atom stereocenters. The number of rotatable bonds is 8. The molecule has 8 nitrogen and oxygen atoms in total. The molecule has 0 saturated carbocycles. The summed E-state index contributed by atoms with van der Waals surface area (Å²) >= 11 is 3.62. The highest BCUT2D eigenvalue weighted by molar-refractivity contribution is 9.09. The summed E-state index contributed by atoms with van der Waals surface area (Å²) in [5.41, 5.74) is -0.219. The smallest absolute Gasteiger partial charge is 0.312 e. The molecule has 7 atom stereocenters. The summed E-state index contributed by atoms with van der Waals surface area (Å²) in [6.07, 6.45) is 0.249. The lowest BCUT2D eigenvalue weighted by Crippen LogP contribution is -2.59. The number of likely N-dealkylation sites (tertiary alicyclic amines) is 1. The quantitative estimate of drug-likeness (QED) is 0.395. The van der Waals surface area contributed by atoms with Gasteiger partial charge in [-0.25, -0.2) is 0 Å². The molecule has 1 aromatic rings. The first-order valence-corrected chi connectivity index (χ1v) is 12.4. The number of ether oxygens (including phenoxy) is 2. The van der Waals surface area contributed by atoms with Crippen LogP contribution in [0.25, 0.3) is 0 Å². The first-order valence-electron chi connectivity index (χ1n) is 11.5. The molecule has 180 valence electrons. The molecular formula is C24H31BrN2O6. The van der Waals surface area contributed by atoms with Gasteiger partial charge < -0.3 is 24.8 Å².